The summed E-state index contributed by atoms with van der Waals surface area (Å²) >= 11 is 0. The molecule has 0 radical (unpaired) electrons. The van der Waals surface area contributed by atoms with Gasteiger partial charge in [0.05, 0.1) is 26.0 Å². The van der Waals surface area contributed by atoms with Crippen LogP contribution in [0.3, 0.4) is 0 Å². The number of rotatable bonds is 9. The quantitative estimate of drug-likeness (QED) is 0.546. The summed E-state index contributed by atoms with van der Waals surface area (Å²) in [7, 11) is 0. The molecule has 7 nitrogen and oxygen atoms in total. The molecule has 0 spiro atoms. The number of carbonyl (C=O) groups is 1. The number of nitrogens with zero attached hydrogens (tertiary/aromatic N) is 1. The number of furan rings is 1. The summed E-state index contributed by atoms with van der Waals surface area (Å²) in [5, 5.41) is 3.91. The van der Waals surface area contributed by atoms with Crippen LogP contribution in [0.4, 0.5) is 0 Å². The van der Waals surface area contributed by atoms with Crippen molar-refractivity contribution in [1.82, 2.24) is 5.43 Å². The molecule has 0 aliphatic heterocycles. The third kappa shape index (κ3) is 5.02. The van der Waals surface area contributed by atoms with Crippen molar-refractivity contribution < 1.29 is 23.4 Å². The lowest BCUT2D eigenvalue weighted by atomic mass is 10.1. The Morgan fingerprint density at radius 1 is 1.08 bits per heavy atom. The highest BCUT2D eigenvalue weighted by atomic mass is 16.5. The largest absolute Gasteiger partial charge is 0.490 e. The Labute approximate surface area is 152 Å². The van der Waals surface area contributed by atoms with E-state index < -0.39 is 5.91 Å². The molecule has 1 aromatic heterocycles. The summed E-state index contributed by atoms with van der Waals surface area (Å²) in [6.45, 7) is 8.76. The number of nitrogens with one attached hydrogen (secondary N) is 1. The molecule has 0 atom stereocenters. The number of hydrogen-bond acceptors (Lipinski definition) is 6. The van der Waals surface area contributed by atoms with Gasteiger partial charge in [-0.05, 0) is 52.0 Å². The van der Waals surface area contributed by atoms with Gasteiger partial charge in [-0.2, -0.15) is 5.10 Å². The molecule has 0 saturated carbocycles. The van der Waals surface area contributed by atoms with E-state index in [1.807, 2.05) is 33.8 Å². The lowest BCUT2D eigenvalue weighted by molar-refractivity contribution is 0.0954. The Balaban J connectivity index is 2.23. The molecule has 0 aliphatic rings. The van der Waals surface area contributed by atoms with Crippen molar-refractivity contribution in [1.29, 1.82) is 0 Å². The number of hydrogen-bond donors (Lipinski definition) is 1. The number of hydrazone groups is 1. The van der Waals surface area contributed by atoms with Crippen LogP contribution in [0.25, 0.3) is 0 Å². The molecule has 0 bridgehead atoms. The molecule has 26 heavy (non-hydrogen) atoms. The van der Waals surface area contributed by atoms with Crippen LogP contribution in [0.2, 0.25) is 0 Å². The second-order valence-corrected chi connectivity index (χ2v) is 5.25. The van der Waals surface area contributed by atoms with Crippen molar-refractivity contribution in [3.63, 3.8) is 0 Å². The third-order valence-electron chi connectivity index (χ3n) is 3.29. The first-order valence-electron chi connectivity index (χ1n) is 8.55. The third-order valence-corrected chi connectivity index (χ3v) is 3.29. The van der Waals surface area contributed by atoms with E-state index in [4.69, 9.17) is 18.6 Å². The zero-order chi connectivity index (χ0) is 18.9. The van der Waals surface area contributed by atoms with Gasteiger partial charge < -0.3 is 18.6 Å². The summed E-state index contributed by atoms with van der Waals surface area (Å²) in [5.74, 6) is 2.33. The minimum absolute atomic E-state index is 0.355. The van der Waals surface area contributed by atoms with Crippen molar-refractivity contribution in [3.8, 4) is 17.2 Å². The highest BCUT2D eigenvalue weighted by molar-refractivity contribution is 5.96. The van der Waals surface area contributed by atoms with Gasteiger partial charge >= 0.3 is 0 Å². The van der Waals surface area contributed by atoms with Crippen molar-refractivity contribution in [3.05, 3.63) is 41.3 Å². The van der Waals surface area contributed by atoms with Crippen LogP contribution < -0.4 is 19.6 Å². The van der Waals surface area contributed by atoms with Gasteiger partial charge in [0, 0.05) is 5.56 Å². The van der Waals surface area contributed by atoms with Crippen molar-refractivity contribution in [2.75, 3.05) is 19.8 Å². The first-order chi connectivity index (χ1) is 12.6. The van der Waals surface area contributed by atoms with Crippen LogP contribution in [0.5, 0.6) is 17.2 Å². The first kappa shape index (κ1) is 19.4. The van der Waals surface area contributed by atoms with E-state index >= 15 is 0 Å². The minimum atomic E-state index is -0.394. The Morgan fingerprint density at radius 3 is 2.19 bits per heavy atom. The van der Waals surface area contributed by atoms with E-state index in [2.05, 4.69) is 10.5 Å². The average molecular weight is 360 g/mol. The van der Waals surface area contributed by atoms with Gasteiger partial charge in [0.15, 0.2) is 11.5 Å². The Morgan fingerprint density at radius 2 is 1.69 bits per heavy atom. The first-order valence-corrected chi connectivity index (χ1v) is 8.55. The number of ether oxygens (including phenoxy) is 3. The highest BCUT2D eigenvalue weighted by Crippen LogP contribution is 2.39. The molecule has 0 unspecified atom stereocenters. The van der Waals surface area contributed by atoms with E-state index in [-0.39, 0.29) is 0 Å². The maximum atomic E-state index is 12.4. The van der Waals surface area contributed by atoms with Crippen LogP contribution in [0.1, 0.15) is 42.6 Å². The molecule has 1 amide bonds. The molecule has 1 heterocycles. The molecule has 0 saturated heterocycles. The second kappa shape index (κ2) is 9.50. The summed E-state index contributed by atoms with van der Waals surface area (Å²) in [6, 6.07) is 6.80. The molecular weight excluding hydrogens is 336 g/mol. The van der Waals surface area contributed by atoms with Crippen LogP contribution in [-0.2, 0) is 0 Å². The molecule has 140 valence electrons. The van der Waals surface area contributed by atoms with E-state index in [9.17, 15) is 4.79 Å². The summed E-state index contributed by atoms with van der Waals surface area (Å²) in [6.07, 6.45) is 1.44. The fourth-order valence-electron chi connectivity index (χ4n) is 2.26. The summed E-state index contributed by atoms with van der Waals surface area (Å²) in [5.41, 5.74) is 2.82. The molecule has 2 rings (SSSR count). The molecule has 2 aromatic rings. The smallest absolute Gasteiger partial charge is 0.271 e. The summed E-state index contributed by atoms with van der Waals surface area (Å²) < 4.78 is 22.2. The van der Waals surface area contributed by atoms with Gasteiger partial charge in [-0.25, -0.2) is 5.43 Å². The maximum Gasteiger partial charge on any atom is 0.271 e. The normalized spacial score (nSPS) is 10.8. The molecule has 7 heteroatoms. The van der Waals surface area contributed by atoms with Crippen LogP contribution >= 0.6 is 0 Å². The van der Waals surface area contributed by atoms with E-state index in [1.54, 1.807) is 18.2 Å². The van der Waals surface area contributed by atoms with Gasteiger partial charge in [-0.1, -0.05) is 0 Å². The molecule has 1 aromatic carbocycles. The number of aryl methyl sites for hydroxylation is 1. The second-order valence-electron chi connectivity index (χ2n) is 5.25. The lowest BCUT2D eigenvalue weighted by Gasteiger charge is -2.16. The topological polar surface area (TPSA) is 82.3 Å². The Kier molecular flexibility index (Phi) is 7.08. The fourth-order valence-corrected chi connectivity index (χ4v) is 2.26. The standard InChI is InChI=1S/C19H24N2O5/c1-5-23-16-10-14(11-17(24-6-2)18(16)25-7-3)19(22)21-20-12-15-9-8-13(4)26-15/h8-12H,5-7H2,1-4H3,(H,21,22)/b20-12+. The van der Waals surface area contributed by atoms with Crippen LogP contribution in [-0.4, -0.2) is 31.9 Å². The fraction of sp³-hybridized carbons (Fsp3) is 0.368. The van der Waals surface area contributed by atoms with Gasteiger partial charge in [0.2, 0.25) is 5.75 Å². The number of benzene rings is 1. The van der Waals surface area contributed by atoms with Gasteiger partial charge in [0.25, 0.3) is 5.91 Å². The highest BCUT2D eigenvalue weighted by Gasteiger charge is 2.18. The maximum absolute atomic E-state index is 12.4. The molecule has 0 aliphatic carbocycles. The zero-order valence-electron chi connectivity index (χ0n) is 15.5. The lowest BCUT2D eigenvalue weighted by Crippen LogP contribution is -2.18. The number of carbonyl (C=O) groups excluding carboxylic acids is 1. The monoisotopic (exact) mass is 360 g/mol. The Bertz CT molecular complexity index is 740. The van der Waals surface area contributed by atoms with E-state index in [0.29, 0.717) is 48.4 Å². The van der Waals surface area contributed by atoms with Crippen LogP contribution in [0, 0.1) is 6.92 Å². The van der Waals surface area contributed by atoms with Crippen molar-refractivity contribution in [2.24, 2.45) is 5.10 Å². The van der Waals surface area contributed by atoms with Crippen LogP contribution in [0.15, 0.2) is 33.8 Å². The zero-order valence-corrected chi connectivity index (χ0v) is 15.5. The minimum Gasteiger partial charge on any atom is -0.490 e. The average Bonchev–Trinajstić information content (AvgIpc) is 3.03. The van der Waals surface area contributed by atoms with Gasteiger partial charge in [-0.15, -0.1) is 0 Å². The predicted octanol–water partition coefficient (Wildman–Crippen LogP) is 3.55. The molecule has 0 fully saturated rings. The predicted molar refractivity (Wildman–Crippen MR) is 98.5 cm³/mol. The van der Waals surface area contributed by atoms with Crippen molar-refractivity contribution in [2.45, 2.75) is 27.7 Å². The van der Waals surface area contributed by atoms with Gasteiger partial charge in [-0.3, -0.25) is 4.79 Å². The number of amides is 1. The molecular formula is C19H24N2O5. The SMILES string of the molecule is CCOc1cc(C(=O)N/N=C/c2ccc(C)o2)cc(OCC)c1OCC. The molecule has 1 N–H and O–H groups in total. The van der Waals surface area contributed by atoms with E-state index in [0.717, 1.165) is 5.76 Å². The van der Waals surface area contributed by atoms with Gasteiger partial charge in [0.1, 0.15) is 11.5 Å². The van der Waals surface area contributed by atoms with E-state index in [1.165, 1.54) is 6.21 Å². The van der Waals surface area contributed by atoms with Crippen molar-refractivity contribution >= 4 is 12.1 Å². The Hall–Kier alpha value is -2.96. The summed E-state index contributed by atoms with van der Waals surface area (Å²) in [4.78, 5) is 12.4.